The van der Waals surface area contributed by atoms with Crippen LogP contribution in [0.5, 0.6) is 0 Å². The van der Waals surface area contributed by atoms with Crippen LogP contribution in [-0.4, -0.2) is 51.8 Å². The molecule has 0 amide bonds. The molecule has 7 heteroatoms. The zero-order chi connectivity index (χ0) is 15.2. The first kappa shape index (κ1) is 16.1. The first-order chi connectivity index (χ1) is 10.1. The van der Waals surface area contributed by atoms with E-state index in [2.05, 4.69) is 62.2 Å². The third-order valence-corrected chi connectivity index (χ3v) is 3.76. The molecule has 0 saturated carbocycles. The second kappa shape index (κ2) is 7.63. The van der Waals surface area contributed by atoms with Crippen molar-refractivity contribution in [1.82, 2.24) is 30.0 Å². The van der Waals surface area contributed by atoms with Gasteiger partial charge in [-0.3, -0.25) is 14.6 Å². The Hall–Kier alpha value is -1.31. The van der Waals surface area contributed by atoms with Gasteiger partial charge < -0.3 is 10.2 Å². The van der Waals surface area contributed by atoms with Crippen LogP contribution in [0.2, 0.25) is 0 Å². The number of halogens is 1. The van der Waals surface area contributed by atoms with Crippen molar-refractivity contribution in [2.75, 3.05) is 27.2 Å². The summed E-state index contributed by atoms with van der Waals surface area (Å²) in [6, 6.07) is -0.0252. The van der Waals surface area contributed by atoms with Crippen molar-refractivity contribution in [2.45, 2.75) is 19.5 Å². The number of hydrogen-bond acceptors (Lipinski definition) is 5. The summed E-state index contributed by atoms with van der Waals surface area (Å²) in [5.74, 6) is 0. The third-order valence-electron chi connectivity index (χ3n) is 3.15. The van der Waals surface area contributed by atoms with E-state index >= 15 is 0 Å². The SMILES string of the molecule is CCNC(c1cnccn1)c1c(Br)cnn1CCN(C)C. The highest BCUT2D eigenvalue weighted by Crippen LogP contribution is 2.27. The molecule has 2 heterocycles. The fourth-order valence-electron chi connectivity index (χ4n) is 2.14. The molecule has 6 nitrogen and oxygen atoms in total. The lowest BCUT2D eigenvalue weighted by molar-refractivity contribution is 0.365. The maximum Gasteiger partial charge on any atom is 0.0949 e. The normalized spacial score (nSPS) is 12.8. The number of hydrogen-bond donors (Lipinski definition) is 1. The van der Waals surface area contributed by atoms with E-state index in [9.17, 15) is 0 Å². The fourth-order valence-corrected chi connectivity index (χ4v) is 2.66. The minimum atomic E-state index is -0.0252. The van der Waals surface area contributed by atoms with Gasteiger partial charge in [0, 0.05) is 18.9 Å². The highest BCUT2D eigenvalue weighted by molar-refractivity contribution is 9.10. The number of nitrogens with one attached hydrogen (secondary N) is 1. The first-order valence-electron chi connectivity index (χ1n) is 6.98. The molecular weight excluding hydrogens is 332 g/mol. The van der Waals surface area contributed by atoms with Crippen LogP contribution in [0, 0.1) is 0 Å². The minimum absolute atomic E-state index is 0.0252. The van der Waals surface area contributed by atoms with Crippen LogP contribution in [0.3, 0.4) is 0 Å². The summed E-state index contributed by atoms with van der Waals surface area (Å²) in [6.07, 6.45) is 7.04. The maximum atomic E-state index is 4.47. The molecule has 0 aliphatic carbocycles. The Bertz CT molecular complexity index is 554. The molecule has 0 radical (unpaired) electrons. The molecular formula is C14H21BrN6. The van der Waals surface area contributed by atoms with Crippen molar-refractivity contribution in [3.05, 3.63) is 40.6 Å². The third kappa shape index (κ3) is 4.09. The minimum Gasteiger partial charge on any atom is -0.308 e. The van der Waals surface area contributed by atoms with Crippen LogP contribution >= 0.6 is 15.9 Å². The van der Waals surface area contributed by atoms with Gasteiger partial charge in [0.15, 0.2) is 0 Å². The van der Waals surface area contributed by atoms with Gasteiger partial charge in [-0.2, -0.15) is 5.10 Å². The molecule has 0 aliphatic rings. The van der Waals surface area contributed by atoms with Crippen LogP contribution in [0.4, 0.5) is 0 Å². The van der Waals surface area contributed by atoms with E-state index < -0.39 is 0 Å². The topological polar surface area (TPSA) is 58.9 Å². The van der Waals surface area contributed by atoms with Crippen molar-refractivity contribution in [2.24, 2.45) is 0 Å². The second-order valence-electron chi connectivity index (χ2n) is 5.03. The lowest BCUT2D eigenvalue weighted by atomic mass is 10.1. The molecule has 0 aromatic carbocycles. The molecule has 1 N–H and O–H groups in total. The summed E-state index contributed by atoms with van der Waals surface area (Å²) < 4.78 is 3.00. The fraction of sp³-hybridized carbons (Fsp3) is 0.500. The average molecular weight is 353 g/mol. The van der Waals surface area contributed by atoms with E-state index in [1.165, 1.54) is 0 Å². The summed E-state index contributed by atoms with van der Waals surface area (Å²) in [4.78, 5) is 10.8. The van der Waals surface area contributed by atoms with Gasteiger partial charge in [0.25, 0.3) is 0 Å². The van der Waals surface area contributed by atoms with Gasteiger partial charge in [-0.1, -0.05) is 6.92 Å². The Kier molecular flexibility index (Phi) is 5.84. The Morgan fingerprint density at radius 3 is 2.76 bits per heavy atom. The van der Waals surface area contributed by atoms with Crippen molar-refractivity contribution in [1.29, 1.82) is 0 Å². The maximum absolute atomic E-state index is 4.47. The monoisotopic (exact) mass is 352 g/mol. The summed E-state index contributed by atoms with van der Waals surface area (Å²) in [5.41, 5.74) is 1.98. The summed E-state index contributed by atoms with van der Waals surface area (Å²) in [6.45, 7) is 4.68. The number of rotatable bonds is 7. The number of nitrogens with zero attached hydrogens (tertiary/aromatic N) is 5. The molecule has 0 spiro atoms. The summed E-state index contributed by atoms with van der Waals surface area (Å²) in [7, 11) is 4.12. The van der Waals surface area contributed by atoms with E-state index in [4.69, 9.17) is 0 Å². The lowest BCUT2D eigenvalue weighted by Crippen LogP contribution is -2.28. The highest BCUT2D eigenvalue weighted by Gasteiger charge is 2.22. The lowest BCUT2D eigenvalue weighted by Gasteiger charge is -2.20. The van der Waals surface area contributed by atoms with E-state index in [0.717, 1.165) is 35.5 Å². The van der Waals surface area contributed by atoms with Crippen molar-refractivity contribution in [3.8, 4) is 0 Å². The molecule has 0 bridgehead atoms. The van der Waals surface area contributed by atoms with Crippen LogP contribution in [0.25, 0.3) is 0 Å². The molecule has 1 unspecified atom stereocenters. The number of likely N-dealkylation sites (N-methyl/N-ethyl adjacent to an activating group) is 1. The molecule has 0 aliphatic heterocycles. The van der Waals surface area contributed by atoms with Gasteiger partial charge in [0.1, 0.15) is 0 Å². The molecule has 1 atom stereocenters. The van der Waals surface area contributed by atoms with Crippen LogP contribution in [-0.2, 0) is 6.54 Å². The Morgan fingerprint density at radius 2 is 2.14 bits per heavy atom. The molecule has 0 saturated heterocycles. The predicted octanol–water partition coefficient (Wildman–Crippen LogP) is 1.70. The van der Waals surface area contributed by atoms with Crippen molar-refractivity contribution >= 4 is 15.9 Å². The quantitative estimate of drug-likeness (QED) is 0.821. The zero-order valence-corrected chi connectivity index (χ0v) is 14.2. The van der Waals surface area contributed by atoms with Crippen LogP contribution in [0.1, 0.15) is 24.4 Å². The smallest absolute Gasteiger partial charge is 0.0949 e. The Balaban J connectivity index is 2.34. The standard InChI is InChI=1S/C14H21BrN6/c1-4-17-13(12-10-16-5-6-18-12)14-11(15)9-19-21(14)8-7-20(2)3/h5-6,9-10,13,17H,4,7-8H2,1-3H3. The molecule has 2 aromatic rings. The van der Waals surface area contributed by atoms with E-state index in [0.29, 0.717) is 0 Å². The zero-order valence-electron chi connectivity index (χ0n) is 12.6. The van der Waals surface area contributed by atoms with Gasteiger partial charge in [-0.05, 0) is 36.6 Å². The molecule has 21 heavy (non-hydrogen) atoms. The molecule has 114 valence electrons. The Labute approximate surface area is 133 Å². The largest absolute Gasteiger partial charge is 0.308 e. The van der Waals surface area contributed by atoms with Gasteiger partial charge in [-0.15, -0.1) is 0 Å². The molecule has 2 aromatic heterocycles. The van der Waals surface area contributed by atoms with Gasteiger partial charge >= 0.3 is 0 Å². The highest BCUT2D eigenvalue weighted by atomic mass is 79.9. The number of aromatic nitrogens is 4. The van der Waals surface area contributed by atoms with E-state index in [1.807, 2.05) is 10.9 Å². The Morgan fingerprint density at radius 1 is 1.33 bits per heavy atom. The molecule has 2 rings (SSSR count). The first-order valence-corrected chi connectivity index (χ1v) is 7.78. The average Bonchev–Trinajstić information content (AvgIpc) is 2.84. The summed E-state index contributed by atoms with van der Waals surface area (Å²) in [5, 5.41) is 7.93. The van der Waals surface area contributed by atoms with Gasteiger partial charge in [-0.25, -0.2) is 0 Å². The van der Waals surface area contributed by atoms with Crippen molar-refractivity contribution < 1.29 is 0 Å². The predicted molar refractivity (Wildman–Crippen MR) is 86.0 cm³/mol. The second-order valence-corrected chi connectivity index (χ2v) is 5.88. The van der Waals surface area contributed by atoms with E-state index in [-0.39, 0.29) is 6.04 Å². The van der Waals surface area contributed by atoms with Gasteiger partial charge in [0.2, 0.25) is 0 Å². The molecule has 0 fully saturated rings. The summed E-state index contributed by atoms with van der Waals surface area (Å²) >= 11 is 3.61. The van der Waals surface area contributed by atoms with Crippen LogP contribution in [0.15, 0.2) is 29.3 Å². The van der Waals surface area contributed by atoms with Crippen molar-refractivity contribution in [3.63, 3.8) is 0 Å². The van der Waals surface area contributed by atoms with Gasteiger partial charge in [0.05, 0.1) is 40.8 Å². The van der Waals surface area contributed by atoms with E-state index in [1.54, 1.807) is 18.6 Å². The van der Waals surface area contributed by atoms with Crippen LogP contribution < -0.4 is 5.32 Å².